The molecule has 56 heavy (non-hydrogen) atoms. The van der Waals surface area contributed by atoms with Crippen LogP contribution in [0.25, 0.3) is 0 Å². The number of hydrogen-bond acceptors (Lipinski definition) is 10. The highest BCUT2D eigenvalue weighted by molar-refractivity contribution is 7.90. The quantitative estimate of drug-likeness (QED) is 0.0699. The maximum absolute atomic E-state index is 15.0. The van der Waals surface area contributed by atoms with Crippen molar-refractivity contribution in [2.45, 2.75) is 148 Å². The van der Waals surface area contributed by atoms with Crippen LogP contribution in [-0.4, -0.2) is 53.2 Å². The molecular weight excluding hydrogens is 803 g/mol. The first kappa shape index (κ1) is 40.2. The number of esters is 1. The van der Waals surface area contributed by atoms with E-state index in [0.29, 0.717) is 17.0 Å². The van der Waals surface area contributed by atoms with Crippen LogP contribution in [0.3, 0.4) is 0 Å². The molecular formula is C38H44F4NO10S3-. The number of fused-ring (bicyclic) bond motifs is 1. The molecule has 0 spiro atoms. The lowest BCUT2D eigenvalue weighted by Gasteiger charge is -2.34. The second kappa shape index (κ2) is 14.9. The first-order valence-electron chi connectivity index (χ1n) is 19.6. The molecule has 0 amide bonds. The zero-order valence-electron chi connectivity index (χ0n) is 30.5. The van der Waals surface area contributed by atoms with Gasteiger partial charge in [-0.1, -0.05) is 69.9 Å². The number of sulfonamides is 1. The van der Waals surface area contributed by atoms with Crippen molar-refractivity contribution in [3.05, 3.63) is 52.1 Å². The van der Waals surface area contributed by atoms with Crippen LogP contribution in [0.4, 0.5) is 17.6 Å². The standard InChI is InChI=1S/C38H45F4NO10S3/c39-28-30(41)37(55(47,48)49)31(42)29(40)34(28)52-38(44)27-25-18-26-32(43-54(45,46)36(26)27)33(25)53-56(50,51)35-23(20-12-6-2-7-13-20)16-22(19-10-4-1-5-11-19)17-24(35)21-14-8-3-9-15-21/h16-17,19-21,25-27,32-33,36,43H,1-15,18H2,(H,47,48,49)/p-1. The van der Waals surface area contributed by atoms with E-state index in [2.05, 4.69) is 16.9 Å². The molecule has 2 bridgehead atoms. The fourth-order valence-corrected chi connectivity index (χ4v) is 15.5. The zero-order chi connectivity index (χ0) is 39.9. The van der Waals surface area contributed by atoms with Gasteiger partial charge in [0.2, 0.25) is 27.4 Å². The summed E-state index contributed by atoms with van der Waals surface area (Å²) in [7, 11) is -15.1. The Morgan fingerprint density at radius 1 is 0.696 bits per heavy atom. The fourth-order valence-electron chi connectivity index (χ4n) is 10.9. The normalized spacial score (nSPS) is 29.9. The maximum Gasteiger partial charge on any atom is 0.316 e. The van der Waals surface area contributed by atoms with E-state index < -0.39 is 105 Å². The molecule has 308 valence electrons. The Labute approximate surface area is 324 Å². The van der Waals surface area contributed by atoms with Gasteiger partial charge in [-0.25, -0.2) is 30.3 Å². The van der Waals surface area contributed by atoms with E-state index >= 15 is 0 Å². The number of hydrogen-bond donors (Lipinski definition) is 1. The minimum atomic E-state index is -6.06. The highest BCUT2D eigenvalue weighted by Crippen LogP contribution is 2.57. The van der Waals surface area contributed by atoms with Crippen molar-refractivity contribution in [2.75, 3.05) is 0 Å². The van der Waals surface area contributed by atoms with Gasteiger partial charge in [0.15, 0.2) is 11.6 Å². The molecule has 8 rings (SSSR count). The van der Waals surface area contributed by atoms with Crippen LogP contribution in [0.5, 0.6) is 5.75 Å². The van der Waals surface area contributed by atoms with E-state index in [1.807, 2.05) is 0 Å². The van der Waals surface area contributed by atoms with Crippen molar-refractivity contribution in [1.82, 2.24) is 4.72 Å². The first-order chi connectivity index (χ1) is 26.5. The third-order valence-electron chi connectivity index (χ3n) is 13.4. The second-order valence-corrected chi connectivity index (χ2v) is 21.3. The molecule has 6 unspecified atom stereocenters. The molecule has 6 aliphatic rings. The number of carbonyl (C=O) groups excluding carboxylic acids is 1. The van der Waals surface area contributed by atoms with Crippen LogP contribution in [0, 0.1) is 41.0 Å². The Kier molecular flexibility index (Phi) is 10.7. The maximum atomic E-state index is 15.0. The van der Waals surface area contributed by atoms with Gasteiger partial charge in [0, 0.05) is 5.92 Å². The van der Waals surface area contributed by atoms with Crippen molar-refractivity contribution in [3.8, 4) is 5.75 Å². The highest BCUT2D eigenvalue weighted by atomic mass is 32.2. The smallest absolute Gasteiger partial charge is 0.316 e. The lowest BCUT2D eigenvalue weighted by molar-refractivity contribution is -0.142. The minimum absolute atomic E-state index is 0.0475. The van der Waals surface area contributed by atoms with Crippen LogP contribution in [0.15, 0.2) is 21.9 Å². The van der Waals surface area contributed by atoms with E-state index in [1.54, 1.807) is 0 Å². The summed E-state index contributed by atoms with van der Waals surface area (Å²) < 4.78 is 163. The summed E-state index contributed by atoms with van der Waals surface area (Å²) in [5, 5.41) is -1.56. The summed E-state index contributed by atoms with van der Waals surface area (Å²) in [4.78, 5) is 11.3. The summed E-state index contributed by atoms with van der Waals surface area (Å²) in [6, 6.07) is 3.03. The fraction of sp³-hybridized carbons (Fsp3) is 0.658. The van der Waals surface area contributed by atoms with Crippen molar-refractivity contribution in [2.24, 2.45) is 17.8 Å². The van der Waals surface area contributed by atoms with E-state index in [4.69, 9.17) is 8.92 Å². The predicted octanol–water partition coefficient (Wildman–Crippen LogP) is 6.91. The van der Waals surface area contributed by atoms with Crippen molar-refractivity contribution >= 4 is 36.2 Å². The van der Waals surface area contributed by atoms with Gasteiger partial charge in [-0.05, 0) is 85.3 Å². The van der Waals surface area contributed by atoms with Crippen molar-refractivity contribution in [3.63, 3.8) is 0 Å². The monoisotopic (exact) mass is 846 g/mol. The zero-order valence-corrected chi connectivity index (χ0v) is 32.9. The molecule has 1 saturated heterocycles. The molecule has 1 heterocycles. The number of nitrogens with one attached hydrogen (secondary N) is 1. The lowest BCUT2D eigenvalue weighted by Crippen LogP contribution is -2.47. The molecule has 1 aliphatic heterocycles. The van der Waals surface area contributed by atoms with E-state index in [0.717, 1.165) is 102 Å². The molecule has 2 aromatic carbocycles. The van der Waals surface area contributed by atoms with Gasteiger partial charge >= 0.3 is 5.97 Å². The van der Waals surface area contributed by atoms with E-state index in [9.17, 15) is 52.2 Å². The summed E-state index contributed by atoms with van der Waals surface area (Å²) >= 11 is 0. The molecule has 5 saturated carbocycles. The molecule has 6 fully saturated rings. The van der Waals surface area contributed by atoms with Crippen LogP contribution < -0.4 is 9.46 Å². The molecule has 18 heteroatoms. The van der Waals surface area contributed by atoms with Crippen LogP contribution >= 0.6 is 0 Å². The molecule has 6 atom stereocenters. The Balaban J connectivity index is 1.18. The third-order valence-corrected chi connectivity index (χ3v) is 17.7. The Morgan fingerprint density at radius 2 is 1.18 bits per heavy atom. The highest BCUT2D eigenvalue weighted by Gasteiger charge is 2.71. The summed E-state index contributed by atoms with van der Waals surface area (Å²) in [6.07, 6.45) is 12.8. The molecule has 2 aromatic rings. The lowest BCUT2D eigenvalue weighted by atomic mass is 9.76. The first-order valence-corrected chi connectivity index (χ1v) is 24.0. The molecule has 0 radical (unpaired) electrons. The van der Waals surface area contributed by atoms with Crippen LogP contribution in [0.2, 0.25) is 0 Å². The van der Waals surface area contributed by atoms with Gasteiger partial charge in [-0.2, -0.15) is 17.2 Å². The number of rotatable bonds is 9. The SMILES string of the molecule is O=C(Oc1c(F)c(F)c(S(=O)(=O)[O-])c(F)c1F)C1C2CC3C(NS(=O)(=O)C31)C2OS(=O)(=O)c1c(C2CCCCC2)cc(C2CCCCC2)cc1C1CCCCC1. The van der Waals surface area contributed by atoms with Gasteiger partial charge in [0.25, 0.3) is 10.1 Å². The number of halogens is 4. The predicted molar refractivity (Wildman–Crippen MR) is 191 cm³/mol. The van der Waals surface area contributed by atoms with Crippen molar-refractivity contribution < 1.29 is 61.1 Å². The van der Waals surface area contributed by atoms with Gasteiger partial charge in [0.1, 0.15) is 19.9 Å². The van der Waals surface area contributed by atoms with E-state index in [1.165, 1.54) is 0 Å². The largest absolute Gasteiger partial charge is 0.744 e. The van der Waals surface area contributed by atoms with E-state index in [-0.39, 0.29) is 23.2 Å². The number of carbonyl (C=O) groups is 1. The average molecular weight is 847 g/mol. The van der Waals surface area contributed by atoms with Gasteiger partial charge < -0.3 is 9.29 Å². The topological polar surface area (TPSA) is 173 Å². The number of ether oxygens (including phenoxy) is 1. The van der Waals surface area contributed by atoms with Gasteiger partial charge in [-0.15, -0.1) is 0 Å². The molecule has 5 aliphatic carbocycles. The summed E-state index contributed by atoms with van der Waals surface area (Å²) in [5.41, 5.74) is 2.54. The third kappa shape index (κ3) is 6.90. The molecule has 1 N–H and O–H groups in total. The van der Waals surface area contributed by atoms with Crippen LogP contribution in [-0.2, 0) is 39.2 Å². The van der Waals surface area contributed by atoms with Crippen molar-refractivity contribution in [1.29, 1.82) is 0 Å². The molecule has 11 nitrogen and oxygen atoms in total. The second-order valence-electron chi connectivity index (χ2n) is 16.6. The van der Waals surface area contributed by atoms with Crippen LogP contribution in [0.1, 0.15) is 137 Å². The Morgan fingerprint density at radius 3 is 1.66 bits per heavy atom. The minimum Gasteiger partial charge on any atom is -0.744 e. The summed E-state index contributed by atoms with van der Waals surface area (Å²) in [5.74, 6) is -17.6. The van der Waals surface area contributed by atoms with Gasteiger partial charge in [-0.3, -0.25) is 8.98 Å². The summed E-state index contributed by atoms with van der Waals surface area (Å²) in [6.45, 7) is 0. The average Bonchev–Trinajstić information content (AvgIpc) is 3.79. The Bertz CT molecular complexity index is 2190. The Hall–Kier alpha value is -2.64. The van der Waals surface area contributed by atoms with Gasteiger partial charge in [0.05, 0.1) is 23.3 Å². The number of benzene rings is 2. The molecule has 0 aromatic heterocycles.